The van der Waals surface area contributed by atoms with Crippen LogP contribution in [0, 0.1) is 5.92 Å². The van der Waals surface area contributed by atoms with Crippen molar-refractivity contribution in [2.75, 3.05) is 13.2 Å². The van der Waals surface area contributed by atoms with Crippen LogP contribution in [0.25, 0.3) is 0 Å². The van der Waals surface area contributed by atoms with Gasteiger partial charge in [0.25, 0.3) is 0 Å². The van der Waals surface area contributed by atoms with Crippen LogP contribution in [-0.2, 0) is 4.74 Å². The number of aliphatic hydroxyl groups excluding tert-OH is 1. The summed E-state index contributed by atoms with van der Waals surface area (Å²) >= 11 is 0. The Bertz CT molecular complexity index is 294. The largest absolute Gasteiger partial charge is 0.391 e. The van der Waals surface area contributed by atoms with Crippen molar-refractivity contribution < 1.29 is 9.84 Å². The van der Waals surface area contributed by atoms with E-state index in [9.17, 15) is 5.11 Å². The van der Waals surface area contributed by atoms with E-state index in [4.69, 9.17) is 4.74 Å². The topological polar surface area (TPSA) is 32.7 Å². The fourth-order valence-corrected chi connectivity index (χ4v) is 4.48. The first-order valence-electron chi connectivity index (χ1n) is 8.35. The Hall–Kier alpha value is -0.120. The number of ether oxygens (including phenoxy) is 1. The molecule has 0 aromatic rings. The highest BCUT2D eigenvalue weighted by Gasteiger charge is 2.41. The van der Waals surface area contributed by atoms with Gasteiger partial charge < -0.3 is 9.84 Å². The molecule has 0 bridgehead atoms. The van der Waals surface area contributed by atoms with Crippen LogP contribution in [0.15, 0.2) is 0 Å². The van der Waals surface area contributed by atoms with Gasteiger partial charge in [0, 0.05) is 18.6 Å². The average molecular weight is 267 g/mol. The van der Waals surface area contributed by atoms with Gasteiger partial charge in [0.15, 0.2) is 0 Å². The van der Waals surface area contributed by atoms with Gasteiger partial charge in [0.1, 0.15) is 0 Å². The molecule has 5 atom stereocenters. The fraction of sp³-hybridized carbons (Fsp3) is 1.00. The molecule has 1 heterocycles. The van der Waals surface area contributed by atoms with Crippen molar-refractivity contribution in [3.05, 3.63) is 0 Å². The smallest absolute Gasteiger partial charge is 0.0731 e. The third kappa shape index (κ3) is 2.84. The van der Waals surface area contributed by atoms with E-state index in [0.717, 1.165) is 25.5 Å². The van der Waals surface area contributed by atoms with Crippen LogP contribution in [0.4, 0.5) is 0 Å². The van der Waals surface area contributed by atoms with Gasteiger partial charge in [0.05, 0.1) is 18.8 Å². The number of hydrogen-bond donors (Lipinski definition) is 1. The minimum absolute atomic E-state index is 0.108. The third-order valence-corrected chi connectivity index (χ3v) is 5.67. The van der Waals surface area contributed by atoms with Crippen molar-refractivity contribution in [1.82, 2.24) is 4.90 Å². The molecule has 3 heteroatoms. The maximum Gasteiger partial charge on any atom is 0.0731 e. The lowest BCUT2D eigenvalue weighted by molar-refractivity contribution is -0.128. The number of nitrogens with zero attached hydrogens (tertiary/aromatic N) is 1. The molecule has 1 aliphatic heterocycles. The molecule has 3 nitrogen and oxygen atoms in total. The fourth-order valence-electron chi connectivity index (χ4n) is 4.48. The number of rotatable bonds is 2. The minimum Gasteiger partial charge on any atom is -0.391 e. The van der Waals surface area contributed by atoms with E-state index in [2.05, 4.69) is 11.8 Å². The number of fused-ring (bicyclic) bond motifs is 1. The zero-order chi connectivity index (χ0) is 13.2. The van der Waals surface area contributed by atoms with Gasteiger partial charge in [-0.15, -0.1) is 0 Å². The molecular formula is C16H29NO2. The molecule has 0 spiro atoms. The summed E-state index contributed by atoms with van der Waals surface area (Å²) in [6.07, 6.45) is 10.2. The number of morpholine rings is 1. The van der Waals surface area contributed by atoms with Crippen LogP contribution in [0.3, 0.4) is 0 Å². The monoisotopic (exact) mass is 267 g/mol. The molecule has 0 amide bonds. The highest BCUT2D eigenvalue weighted by Crippen LogP contribution is 2.36. The van der Waals surface area contributed by atoms with E-state index in [1.54, 1.807) is 0 Å². The molecule has 5 unspecified atom stereocenters. The Labute approximate surface area is 117 Å². The van der Waals surface area contributed by atoms with Gasteiger partial charge in [0.2, 0.25) is 0 Å². The van der Waals surface area contributed by atoms with E-state index in [0.29, 0.717) is 18.2 Å². The molecule has 3 rings (SSSR count). The maximum atomic E-state index is 10.4. The van der Waals surface area contributed by atoms with Crippen LogP contribution in [0.2, 0.25) is 0 Å². The van der Waals surface area contributed by atoms with Gasteiger partial charge in [-0.25, -0.2) is 0 Å². The Balaban J connectivity index is 1.71. The summed E-state index contributed by atoms with van der Waals surface area (Å²) < 4.78 is 5.97. The summed E-state index contributed by atoms with van der Waals surface area (Å²) in [7, 11) is 0. The molecule has 2 aliphatic carbocycles. The highest BCUT2D eigenvalue weighted by molar-refractivity contribution is 4.95. The molecule has 3 fully saturated rings. The zero-order valence-electron chi connectivity index (χ0n) is 12.3. The molecular weight excluding hydrogens is 238 g/mol. The first kappa shape index (κ1) is 13.8. The van der Waals surface area contributed by atoms with Crippen molar-refractivity contribution in [2.45, 2.75) is 82.6 Å². The van der Waals surface area contributed by atoms with Gasteiger partial charge >= 0.3 is 0 Å². The Morgan fingerprint density at radius 2 is 1.95 bits per heavy atom. The lowest BCUT2D eigenvalue weighted by Gasteiger charge is -2.50. The van der Waals surface area contributed by atoms with E-state index in [1.807, 2.05) is 0 Å². The van der Waals surface area contributed by atoms with E-state index in [-0.39, 0.29) is 6.10 Å². The van der Waals surface area contributed by atoms with Gasteiger partial charge in [-0.05, 0) is 38.0 Å². The van der Waals surface area contributed by atoms with Crippen LogP contribution in [0.1, 0.15) is 58.3 Å². The maximum absolute atomic E-state index is 10.4. The SMILES string of the molecule is CCC1CCC(O)C(N2CCOC3CCCCC32)C1. The van der Waals surface area contributed by atoms with E-state index >= 15 is 0 Å². The van der Waals surface area contributed by atoms with Crippen molar-refractivity contribution in [2.24, 2.45) is 5.92 Å². The normalized spacial score (nSPS) is 44.8. The summed E-state index contributed by atoms with van der Waals surface area (Å²) in [5, 5.41) is 10.4. The minimum atomic E-state index is -0.108. The zero-order valence-corrected chi connectivity index (χ0v) is 12.3. The van der Waals surface area contributed by atoms with Crippen LogP contribution in [-0.4, -0.2) is 47.4 Å². The summed E-state index contributed by atoms with van der Waals surface area (Å²) in [6.45, 7) is 4.18. The van der Waals surface area contributed by atoms with Crippen molar-refractivity contribution in [1.29, 1.82) is 0 Å². The first-order valence-corrected chi connectivity index (χ1v) is 8.35. The highest BCUT2D eigenvalue weighted by atomic mass is 16.5. The van der Waals surface area contributed by atoms with Gasteiger partial charge in [-0.1, -0.05) is 26.2 Å². The second-order valence-corrected chi connectivity index (χ2v) is 6.72. The molecule has 19 heavy (non-hydrogen) atoms. The molecule has 1 N–H and O–H groups in total. The second-order valence-electron chi connectivity index (χ2n) is 6.72. The Morgan fingerprint density at radius 3 is 2.79 bits per heavy atom. The van der Waals surface area contributed by atoms with Crippen molar-refractivity contribution in [3.8, 4) is 0 Å². The number of hydrogen-bond acceptors (Lipinski definition) is 3. The molecule has 0 aromatic carbocycles. The molecule has 0 radical (unpaired) electrons. The Kier molecular flexibility index (Phi) is 4.45. The second kappa shape index (κ2) is 6.11. The summed E-state index contributed by atoms with van der Waals surface area (Å²) in [5.41, 5.74) is 0. The van der Waals surface area contributed by atoms with Crippen LogP contribution >= 0.6 is 0 Å². The molecule has 0 aromatic heterocycles. The average Bonchev–Trinajstić information content (AvgIpc) is 2.47. The standard InChI is InChI=1S/C16H29NO2/c1-2-12-7-8-15(18)14(11-12)17-9-10-19-16-6-4-3-5-13(16)17/h12-16,18H,2-11H2,1H3. The van der Waals surface area contributed by atoms with Crippen molar-refractivity contribution in [3.63, 3.8) is 0 Å². The first-order chi connectivity index (χ1) is 9.29. The predicted octanol–water partition coefficient (Wildman–Crippen LogP) is 2.57. The van der Waals surface area contributed by atoms with E-state index < -0.39 is 0 Å². The summed E-state index contributed by atoms with van der Waals surface area (Å²) in [6, 6.07) is 0.978. The summed E-state index contributed by atoms with van der Waals surface area (Å²) in [4.78, 5) is 2.62. The lowest BCUT2D eigenvalue weighted by Crippen LogP contribution is -2.60. The van der Waals surface area contributed by atoms with Crippen LogP contribution in [0.5, 0.6) is 0 Å². The van der Waals surface area contributed by atoms with Gasteiger partial charge in [-0.3, -0.25) is 4.90 Å². The third-order valence-electron chi connectivity index (χ3n) is 5.67. The van der Waals surface area contributed by atoms with Crippen molar-refractivity contribution >= 4 is 0 Å². The number of aliphatic hydroxyl groups is 1. The molecule has 3 aliphatic rings. The summed E-state index contributed by atoms with van der Waals surface area (Å²) in [5.74, 6) is 0.818. The molecule has 2 saturated carbocycles. The van der Waals surface area contributed by atoms with E-state index in [1.165, 1.54) is 44.9 Å². The Morgan fingerprint density at radius 1 is 1.11 bits per heavy atom. The van der Waals surface area contributed by atoms with Gasteiger partial charge in [-0.2, -0.15) is 0 Å². The lowest BCUT2D eigenvalue weighted by atomic mass is 9.79. The van der Waals surface area contributed by atoms with Crippen LogP contribution < -0.4 is 0 Å². The predicted molar refractivity (Wildman–Crippen MR) is 76.1 cm³/mol. The quantitative estimate of drug-likeness (QED) is 0.834. The molecule has 1 saturated heterocycles. The molecule has 110 valence electrons.